The molecule has 1 aliphatic heterocycles. The molecule has 0 aliphatic carbocycles. The Balaban J connectivity index is 2.20. The fourth-order valence-corrected chi connectivity index (χ4v) is 3.10. The van der Waals surface area contributed by atoms with Crippen LogP contribution in [0.2, 0.25) is 0 Å². The highest BCUT2D eigenvalue weighted by Gasteiger charge is 2.31. The van der Waals surface area contributed by atoms with E-state index >= 15 is 0 Å². The maximum Gasteiger partial charge on any atom is 0.217 e. The molecule has 0 saturated carbocycles. The van der Waals surface area contributed by atoms with Gasteiger partial charge in [-0.1, -0.05) is 32.6 Å². The quantitative estimate of drug-likeness (QED) is 0.720. The predicted molar refractivity (Wildman–Crippen MR) is 98.0 cm³/mol. The van der Waals surface area contributed by atoms with Gasteiger partial charge in [-0.05, 0) is 43.5 Å². The molecule has 2 aromatic rings. The molecule has 0 radical (unpaired) electrons. The van der Waals surface area contributed by atoms with Gasteiger partial charge in [0.25, 0.3) is 0 Å². The molecule has 0 fully saturated rings. The normalized spacial score (nSPS) is 15.2. The molecular formula is C21H24FNO2. The van der Waals surface area contributed by atoms with Crippen LogP contribution in [0, 0.1) is 18.2 Å². The van der Waals surface area contributed by atoms with Crippen molar-refractivity contribution in [2.75, 3.05) is 13.2 Å². The molecule has 0 atom stereocenters. The average molecular weight is 341 g/mol. The third-order valence-corrected chi connectivity index (χ3v) is 4.36. The fourth-order valence-electron chi connectivity index (χ4n) is 3.10. The Morgan fingerprint density at radius 1 is 1.32 bits per heavy atom. The Morgan fingerprint density at radius 2 is 2.08 bits per heavy atom. The molecular weight excluding hydrogens is 317 g/mol. The maximum absolute atomic E-state index is 14.7. The van der Waals surface area contributed by atoms with Crippen LogP contribution in [-0.4, -0.2) is 18.2 Å². The summed E-state index contributed by atoms with van der Waals surface area (Å²) in [5, 5.41) is 0. The minimum absolute atomic E-state index is 0.0248. The summed E-state index contributed by atoms with van der Waals surface area (Å²) in [6, 6.07) is 7.13. The molecule has 0 N–H and O–H groups in total. The largest absolute Gasteiger partial charge is 0.492 e. The van der Waals surface area contributed by atoms with E-state index in [1.807, 2.05) is 32.0 Å². The van der Waals surface area contributed by atoms with Crippen LogP contribution in [0.1, 0.15) is 37.6 Å². The minimum Gasteiger partial charge on any atom is -0.492 e. The zero-order chi connectivity index (χ0) is 18.2. The van der Waals surface area contributed by atoms with Gasteiger partial charge in [-0.3, -0.25) is 0 Å². The van der Waals surface area contributed by atoms with E-state index in [0.29, 0.717) is 36.1 Å². The number of hydrogen-bond acceptors (Lipinski definition) is 3. The van der Waals surface area contributed by atoms with Gasteiger partial charge >= 0.3 is 0 Å². The van der Waals surface area contributed by atoms with Gasteiger partial charge in [0.15, 0.2) is 0 Å². The summed E-state index contributed by atoms with van der Waals surface area (Å²) in [5.41, 5.74) is 3.73. The monoisotopic (exact) mass is 341 g/mol. The molecule has 0 saturated heterocycles. The summed E-state index contributed by atoms with van der Waals surface area (Å²) >= 11 is 0. The summed E-state index contributed by atoms with van der Waals surface area (Å²) in [5.74, 6) is 0.768. The van der Waals surface area contributed by atoms with Crippen molar-refractivity contribution in [3.63, 3.8) is 0 Å². The number of benzene rings is 1. The van der Waals surface area contributed by atoms with E-state index < -0.39 is 0 Å². The Labute approximate surface area is 148 Å². The standard InChI is InChI=1S/C21H24FNO2/c1-6-24-14(3)19-10-16(15-8-7-13(2)9-18(15)22)17-11-21(4,5)12-25-20(17)23-19/h7-10H,3,6,11-12H2,1-2,4-5H3. The van der Waals surface area contributed by atoms with Crippen LogP contribution < -0.4 is 4.74 Å². The van der Waals surface area contributed by atoms with E-state index in [0.717, 1.165) is 23.1 Å². The molecule has 132 valence electrons. The Hall–Kier alpha value is -2.36. The lowest BCUT2D eigenvalue weighted by atomic mass is 9.82. The molecule has 1 aromatic heterocycles. The van der Waals surface area contributed by atoms with E-state index in [2.05, 4.69) is 25.4 Å². The van der Waals surface area contributed by atoms with Crippen molar-refractivity contribution in [2.24, 2.45) is 5.41 Å². The molecule has 0 bridgehead atoms. The Morgan fingerprint density at radius 3 is 2.76 bits per heavy atom. The SMILES string of the molecule is C=C(OCC)c1cc(-c2ccc(C)cc2F)c2c(n1)OCC(C)(C)C2. The highest BCUT2D eigenvalue weighted by atomic mass is 19.1. The van der Waals surface area contributed by atoms with E-state index in [4.69, 9.17) is 9.47 Å². The molecule has 3 nitrogen and oxygen atoms in total. The second kappa shape index (κ2) is 6.51. The van der Waals surface area contributed by atoms with Gasteiger partial charge in [0.1, 0.15) is 17.3 Å². The molecule has 0 spiro atoms. The molecule has 25 heavy (non-hydrogen) atoms. The summed E-state index contributed by atoms with van der Waals surface area (Å²) in [6.07, 6.45) is 0.777. The summed E-state index contributed by atoms with van der Waals surface area (Å²) in [4.78, 5) is 4.56. The first-order chi connectivity index (χ1) is 11.8. The number of nitrogens with zero attached hydrogens (tertiary/aromatic N) is 1. The zero-order valence-electron chi connectivity index (χ0n) is 15.3. The molecule has 0 amide bonds. The number of aryl methyl sites for hydroxylation is 1. The molecule has 3 rings (SSSR count). The van der Waals surface area contributed by atoms with Crippen LogP contribution in [0.4, 0.5) is 4.39 Å². The van der Waals surface area contributed by atoms with Crippen molar-refractivity contribution in [2.45, 2.75) is 34.1 Å². The van der Waals surface area contributed by atoms with Gasteiger partial charge in [0.05, 0.1) is 13.2 Å². The van der Waals surface area contributed by atoms with Crippen LogP contribution in [0.15, 0.2) is 30.8 Å². The Bertz CT molecular complexity index is 827. The maximum atomic E-state index is 14.7. The van der Waals surface area contributed by atoms with Crippen molar-refractivity contribution in [3.05, 3.63) is 53.5 Å². The lowest BCUT2D eigenvalue weighted by molar-refractivity contribution is 0.148. The number of aromatic nitrogens is 1. The van der Waals surface area contributed by atoms with Gasteiger partial charge in [0.2, 0.25) is 5.88 Å². The van der Waals surface area contributed by atoms with Gasteiger partial charge < -0.3 is 9.47 Å². The van der Waals surface area contributed by atoms with E-state index in [9.17, 15) is 4.39 Å². The fraction of sp³-hybridized carbons (Fsp3) is 0.381. The lowest BCUT2D eigenvalue weighted by Gasteiger charge is -2.32. The van der Waals surface area contributed by atoms with Crippen molar-refractivity contribution in [1.29, 1.82) is 0 Å². The van der Waals surface area contributed by atoms with Crippen molar-refractivity contribution < 1.29 is 13.9 Å². The number of ether oxygens (including phenoxy) is 2. The summed E-state index contributed by atoms with van der Waals surface area (Å²) in [7, 11) is 0. The topological polar surface area (TPSA) is 31.4 Å². The number of halogens is 1. The van der Waals surface area contributed by atoms with Crippen LogP contribution in [-0.2, 0) is 11.2 Å². The smallest absolute Gasteiger partial charge is 0.217 e. The number of fused-ring (bicyclic) bond motifs is 1. The second-order valence-corrected chi connectivity index (χ2v) is 7.31. The van der Waals surface area contributed by atoms with Crippen LogP contribution >= 0.6 is 0 Å². The first kappa shape index (κ1) is 17.5. The molecule has 1 aromatic carbocycles. The highest BCUT2D eigenvalue weighted by Crippen LogP contribution is 2.41. The molecule has 1 aliphatic rings. The van der Waals surface area contributed by atoms with Gasteiger partial charge in [-0.25, -0.2) is 9.37 Å². The van der Waals surface area contributed by atoms with Gasteiger partial charge in [0, 0.05) is 16.5 Å². The third-order valence-electron chi connectivity index (χ3n) is 4.36. The van der Waals surface area contributed by atoms with Gasteiger partial charge in [-0.2, -0.15) is 0 Å². The highest BCUT2D eigenvalue weighted by molar-refractivity contribution is 5.74. The minimum atomic E-state index is -0.246. The predicted octanol–water partition coefficient (Wildman–Crippen LogP) is 5.16. The van der Waals surface area contributed by atoms with Crippen molar-refractivity contribution in [3.8, 4) is 17.0 Å². The summed E-state index contributed by atoms with van der Waals surface area (Å²) in [6.45, 7) is 13.1. The van der Waals surface area contributed by atoms with E-state index in [1.54, 1.807) is 6.07 Å². The van der Waals surface area contributed by atoms with Crippen LogP contribution in [0.3, 0.4) is 0 Å². The lowest BCUT2D eigenvalue weighted by Crippen LogP contribution is -2.30. The van der Waals surface area contributed by atoms with Gasteiger partial charge in [-0.15, -0.1) is 0 Å². The third kappa shape index (κ3) is 3.53. The van der Waals surface area contributed by atoms with Crippen molar-refractivity contribution >= 4 is 5.76 Å². The van der Waals surface area contributed by atoms with E-state index in [1.165, 1.54) is 0 Å². The van der Waals surface area contributed by atoms with Crippen LogP contribution in [0.25, 0.3) is 16.9 Å². The van der Waals surface area contributed by atoms with Crippen molar-refractivity contribution in [1.82, 2.24) is 4.98 Å². The number of hydrogen-bond donors (Lipinski definition) is 0. The molecule has 4 heteroatoms. The second-order valence-electron chi connectivity index (χ2n) is 7.31. The zero-order valence-corrected chi connectivity index (χ0v) is 15.3. The first-order valence-corrected chi connectivity index (χ1v) is 8.56. The molecule has 0 unspecified atom stereocenters. The summed E-state index contributed by atoms with van der Waals surface area (Å²) < 4.78 is 26.1. The molecule has 2 heterocycles. The van der Waals surface area contributed by atoms with E-state index in [-0.39, 0.29) is 11.2 Å². The van der Waals surface area contributed by atoms with Crippen LogP contribution in [0.5, 0.6) is 5.88 Å². The Kier molecular flexibility index (Phi) is 4.55. The number of rotatable bonds is 4. The first-order valence-electron chi connectivity index (χ1n) is 8.56. The average Bonchev–Trinajstić information content (AvgIpc) is 2.54. The number of pyridine rings is 1.